The highest BCUT2D eigenvalue weighted by Crippen LogP contribution is 2.24. The van der Waals surface area contributed by atoms with Crippen molar-refractivity contribution in [1.82, 2.24) is 10.3 Å². The van der Waals surface area contributed by atoms with Crippen molar-refractivity contribution < 1.29 is 4.79 Å². The highest BCUT2D eigenvalue weighted by molar-refractivity contribution is 9.09. The molecule has 1 N–H and O–H groups in total. The Morgan fingerprint density at radius 2 is 2.18 bits per heavy atom. The van der Waals surface area contributed by atoms with Gasteiger partial charge in [0.1, 0.15) is 5.69 Å². The van der Waals surface area contributed by atoms with Gasteiger partial charge in [-0.2, -0.15) is 0 Å². The van der Waals surface area contributed by atoms with Gasteiger partial charge in [-0.3, -0.25) is 4.79 Å². The summed E-state index contributed by atoms with van der Waals surface area (Å²) in [6.45, 7) is 1.89. The average molecular weight is 297 g/mol. The van der Waals surface area contributed by atoms with E-state index in [1.54, 1.807) is 6.07 Å². The maximum absolute atomic E-state index is 12.0. The Morgan fingerprint density at radius 3 is 2.88 bits per heavy atom. The Hall–Kier alpha value is -0.900. The van der Waals surface area contributed by atoms with Crippen molar-refractivity contribution >= 4 is 21.8 Å². The van der Waals surface area contributed by atoms with Gasteiger partial charge in [0.2, 0.25) is 0 Å². The minimum Gasteiger partial charge on any atom is -0.347 e. The number of amides is 1. The van der Waals surface area contributed by atoms with E-state index in [1.165, 1.54) is 12.8 Å². The number of alkyl halides is 1. The van der Waals surface area contributed by atoms with Crippen molar-refractivity contribution in [2.75, 3.05) is 0 Å². The first kappa shape index (κ1) is 12.6. The molecule has 1 amide bonds. The Bertz CT molecular complexity index is 408. The molecule has 1 aliphatic rings. The van der Waals surface area contributed by atoms with E-state index in [1.807, 2.05) is 19.1 Å². The van der Waals surface area contributed by atoms with Crippen LogP contribution in [-0.2, 0) is 0 Å². The van der Waals surface area contributed by atoms with Crippen molar-refractivity contribution in [3.8, 4) is 0 Å². The summed E-state index contributed by atoms with van der Waals surface area (Å²) in [6.07, 6.45) is 4.61. The molecule has 0 aliphatic heterocycles. The van der Waals surface area contributed by atoms with E-state index in [2.05, 4.69) is 26.2 Å². The summed E-state index contributed by atoms with van der Waals surface area (Å²) in [6, 6.07) is 5.75. The number of carbonyl (C=O) groups excluding carboxylic acids is 1. The fourth-order valence-electron chi connectivity index (χ4n) is 2.16. The van der Waals surface area contributed by atoms with E-state index in [4.69, 9.17) is 0 Å². The van der Waals surface area contributed by atoms with Gasteiger partial charge in [-0.25, -0.2) is 4.98 Å². The fraction of sp³-hybridized carbons (Fsp3) is 0.538. The third kappa shape index (κ3) is 3.28. The molecule has 4 heteroatoms. The topological polar surface area (TPSA) is 42.0 Å². The summed E-state index contributed by atoms with van der Waals surface area (Å²) in [5.41, 5.74) is 1.38. The monoisotopic (exact) mass is 296 g/mol. The molecule has 2 rings (SSSR count). The maximum atomic E-state index is 12.0. The van der Waals surface area contributed by atoms with Crippen molar-refractivity contribution in [1.29, 1.82) is 0 Å². The van der Waals surface area contributed by atoms with Crippen LogP contribution in [0.5, 0.6) is 0 Å². The highest BCUT2D eigenvalue weighted by Gasteiger charge is 2.24. The molecule has 1 saturated carbocycles. The lowest BCUT2D eigenvalue weighted by Crippen LogP contribution is -2.42. The van der Waals surface area contributed by atoms with Crippen LogP contribution in [0, 0.1) is 6.92 Å². The van der Waals surface area contributed by atoms with Gasteiger partial charge in [0, 0.05) is 16.6 Å². The molecular weight excluding hydrogens is 280 g/mol. The lowest BCUT2D eigenvalue weighted by atomic mass is 9.95. The first-order chi connectivity index (χ1) is 8.16. The number of aryl methyl sites for hydroxylation is 1. The standard InChI is InChI=1S/C13H17BrN2O/c1-9-5-4-8-12(15-9)13(17)16-11-7-3-2-6-10(11)14/h4-5,8,10-11H,2-3,6-7H2,1H3,(H,16,17). The molecule has 2 unspecified atom stereocenters. The Kier molecular flexibility index (Phi) is 4.15. The number of carbonyl (C=O) groups is 1. The predicted octanol–water partition coefficient (Wildman–Crippen LogP) is 2.83. The lowest BCUT2D eigenvalue weighted by molar-refractivity contribution is 0.0924. The zero-order valence-corrected chi connectivity index (χ0v) is 11.5. The molecule has 1 fully saturated rings. The predicted molar refractivity (Wildman–Crippen MR) is 71.4 cm³/mol. The summed E-state index contributed by atoms with van der Waals surface area (Å²) in [5, 5.41) is 3.06. The molecule has 2 atom stereocenters. The van der Waals surface area contributed by atoms with Crippen molar-refractivity contribution in [3.63, 3.8) is 0 Å². The second-order valence-corrected chi connectivity index (χ2v) is 5.72. The molecule has 1 aromatic rings. The van der Waals surface area contributed by atoms with E-state index in [0.29, 0.717) is 10.5 Å². The van der Waals surface area contributed by atoms with E-state index in [-0.39, 0.29) is 11.9 Å². The van der Waals surface area contributed by atoms with Gasteiger partial charge in [-0.1, -0.05) is 34.8 Å². The van der Waals surface area contributed by atoms with E-state index >= 15 is 0 Å². The Balaban J connectivity index is 2.01. The molecule has 1 aromatic heterocycles. The molecular formula is C13H17BrN2O. The number of rotatable bonds is 2. The minimum absolute atomic E-state index is 0.0648. The molecule has 0 aromatic carbocycles. The van der Waals surface area contributed by atoms with Gasteiger partial charge in [-0.15, -0.1) is 0 Å². The summed E-state index contributed by atoms with van der Waals surface area (Å²) in [5.74, 6) is -0.0648. The van der Waals surface area contributed by atoms with Gasteiger partial charge in [0.05, 0.1) is 0 Å². The quantitative estimate of drug-likeness (QED) is 0.853. The molecule has 0 radical (unpaired) electrons. The summed E-state index contributed by atoms with van der Waals surface area (Å²) in [7, 11) is 0. The second kappa shape index (κ2) is 5.63. The zero-order chi connectivity index (χ0) is 12.3. The van der Waals surface area contributed by atoms with Crippen LogP contribution >= 0.6 is 15.9 Å². The van der Waals surface area contributed by atoms with Crippen LogP contribution in [0.2, 0.25) is 0 Å². The van der Waals surface area contributed by atoms with Crippen LogP contribution in [0.3, 0.4) is 0 Å². The molecule has 92 valence electrons. The SMILES string of the molecule is Cc1cccc(C(=O)NC2CCCCC2Br)n1. The number of nitrogens with one attached hydrogen (secondary N) is 1. The number of hydrogen-bond acceptors (Lipinski definition) is 2. The van der Waals surface area contributed by atoms with Crippen LogP contribution in [0.1, 0.15) is 41.9 Å². The van der Waals surface area contributed by atoms with Crippen LogP contribution in [-0.4, -0.2) is 21.8 Å². The summed E-state index contributed by atoms with van der Waals surface area (Å²) >= 11 is 3.64. The van der Waals surface area contributed by atoms with Crippen molar-refractivity contribution in [2.24, 2.45) is 0 Å². The fourth-order valence-corrected chi connectivity index (χ4v) is 2.88. The van der Waals surface area contributed by atoms with E-state index in [0.717, 1.165) is 18.5 Å². The lowest BCUT2D eigenvalue weighted by Gasteiger charge is -2.28. The molecule has 0 bridgehead atoms. The van der Waals surface area contributed by atoms with Crippen molar-refractivity contribution in [3.05, 3.63) is 29.6 Å². The Morgan fingerprint density at radius 1 is 1.41 bits per heavy atom. The highest BCUT2D eigenvalue weighted by atomic mass is 79.9. The number of nitrogens with zero attached hydrogens (tertiary/aromatic N) is 1. The molecule has 0 saturated heterocycles. The first-order valence-electron chi connectivity index (χ1n) is 6.05. The maximum Gasteiger partial charge on any atom is 0.270 e. The zero-order valence-electron chi connectivity index (χ0n) is 9.95. The molecule has 1 aliphatic carbocycles. The number of pyridine rings is 1. The molecule has 17 heavy (non-hydrogen) atoms. The van der Waals surface area contributed by atoms with Gasteiger partial charge in [-0.05, 0) is 31.9 Å². The number of halogens is 1. The average Bonchev–Trinajstić information content (AvgIpc) is 2.32. The van der Waals surface area contributed by atoms with Crippen LogP contribution in [0.15, 0.2) is 18.2 Å². The number of aromatic nitrogens is 1. The smallest absolute Gasteiger partial charge is 0.270 e. The second-order valence-electron chi connectivity index (χ2n) is 4.54. The third-order valence-electron chi connectivity index (χ3n) is 3.12. The van der Waals surface area contributed by atoms with Gasteiger partial charge in [0.15, 0.2) is 0 Å². The number of hydrogen-bond donors (Lipinski definition) is 1. The normalized spacial score (nSPS) is 24.4. The van der Waals surface area contributed by atoms with Crippen LogP contribution in [0.4, 0.5) is 0 Å². The van der Waals surface area contributed by atoms with Gasteiger partial charge in [0.25, 0.3) is 5.91 Å². The summed E-state index contributed by atoms with van der Waals surface area (Å²) in [4.78, 5) is 16.6. The van der Waals surface area contributed by atoms with Gasteiger partial charge >= 0.3 is 0 Å². The van der Waals surface area contributed by atoms with E-state index < -0.39 is 0 Å². The molecule has 3 nitrogen and oxygen atoms in total. The minimum atomic E-state index is -0.0648. The largest absolute Gasteiger partial charge is 0.347 e. The van der Waals surface area contributed by atoms with Crippen molar-refractivity contribution in [2.45, 2.75) is 43.5 Å². The molecule has 1 heterocycles. The van der Waals surface area contributed by atoms with Crippen LogP contribution in [0.25, 0.3) is 0 Å². The first-order valence-corrected chi connectivity index (χ1v) is 6.97. The third-order valence-corrected chi connectivity index (χ3v) is 4.22. The van der Waals surface area contributed by atoms with Crippen LogP contribution < -0.4 is 5.32 Å². The van der Waals surface area contributed by atoms with Gasteiger partial charge < -0.3 is 5.32 Å². The Labute approximate surface area is 110 Å². The van der Waals surface area contributed by atoms with E-state index in [9.17, 15) is 4.79 Å². The summed E-state index contributed by atoms with van der Waals surface area (Å²) < 4.78 is 0. The molecule has 0 spiro atoms.